The second-order valence-corrected chi connectivity index (χ2v) is 12.0. The number of nitrogens with zero attached hydrogens (tertiary/aromatic N) is 1. The number of hydrogen-bond donors (Lipinski definition) is 0. The van der Waals surface area contributed by atoms with E-state index in [1.54, 1.807) is 0 Å². The first-order chi connectivity index (χ1) is 9.62. The van der Waals surface area contributed by atoms with Crippen LogP contribution in [0.1, 0.15) is 59.3 Å². The highest BCUT2D eigenvalue weighted by Crippen LogP contribution is 2.32. The van der Waals surface area contributed by atoms with Gasteiger partial charge in [-0.3, -0.25) is 0 Å². The highest BCUT2D eigenvalue weighted by molar-refractivity contribution is 6.80. The third-order valence-electron chi connectivity index (χ3n) is 4.87. The Morgan fingerprint density at radius 2 is 1.60 bits per heavy atom. The van der Waals surface area contributed by atoms with Crippen LogP contribution in [0.25, 0.3) is 0 Å². The lowest BCUT2D eigenvalue weighted by molar-refractivity contribution is 0.229. The molecule has 1 saturated heterocycles. The minimum absolute atomic E-state index is 1.07. The van der Waals surface area contributed by atoms with Crippen molar-refractivity contribution in [1.29, 1.82) is 0 Å². The quantitative estimate of drug-likeness (QED) is 0.369. The smallest absolute Gasteiger partial charge is 0.0576 e. The number of rotatable bonds is 10. The summed E-state index contributed by atoms with van der Waals surface area (Å²) in [6, 6.07) is 5.97. The van der Waals surface area contributed by atoms with Crippen LogP contribution in [0.2, 0.25) is 24.2 Å². The van der Waals surface area contributed by atoms with Crippen molar-refractivity contribution in [3.05, 3.63) is 12.2 Å². The van der Waals surface area contributed by atoms with E-state index in [-0.39, 0.29) is 0 Å². The maximum atomic E-state index is 4.23. The van der Waals surface area contributed by atoms with Gasteiger partial charge in [0, 0.05) is 0 Å². The van der Waals surface area contributed by atoms with Crippen molar-refractivity contribution in [2.24, 2.45) is 0 Å². The molecular formula is C18H37NSi. The van der Waals surface area contributed by atoms with Crippen molar-refractivity contribution in [2.75, 3.05) is 19.6 Å². The van der Waals surface area contributed by atoms with Gasteiger partial charge in [0.25, 0.3) is 0 Å². The van der Waals surface area contributed by atoms with Crippen LogP contribution in [0.15, 0.2) is 12.2 Å². The molecule has 0 aromatic heterocycles. The molecule has 0 spiro atoms. The Balaban J connectivity index is 2.46. The summed E-state index contributed by atoms with van der Waals surface area (Å²) in [5, 5.41) is 0. The highest BCUT2D eigenvalue weighted by atomic mass is 28.3. The van der Waals surface area contributed by atoms with E-state index >= 15 is 0 Å². The Morgan fingerprint density at radius 1 is 1.00 bits per heavy atom. The SMILES string of the molecule is C=C(C)C[Si](CCC)(CCC)CCCN1CCCCC1. The van der Waals surface area contributed by atoms with Crippen LogP contribution in [0.4, 0.5) is 0 Å². The molecule has 1 heterocycles. The molecule has 0 aromatic carbocycles. The Hall–Kier alpha value is -0.0831. The van der Waals surface area contributed by atoms with E-state index in [1.807, 2.05) is 0 Å². The van der Waals surface area contributed by atoms with Gasteiger partial charge in [0.15, 0.2) is 0 Å². The van der Waals surface area contributed by atoms with Gasteiger partial charge in [0.2, 0.25) is 0 Å². The van der Waals surface area contributed by atoms with E-state index < -0.39 is 8.07 Å². The maximum absolute atomic E-state index is 4.23. The number of allylic oxidation sites excluding steroid dienone is 1. The largest absolute Gasteiger partial charge is 0.303 e. The minimum Gasteiger partial charge on any atom is -0.303 e. The van der Waals surface area contributed by atoms with Crippen LogP contribution in [0, 0.1) is 0 Å². The molecule has 0 radical (unpaired) electrons. The molecule has 1 aliphatic rings. The van der Waals surface area contributed by atoms with Crippen molar-refractivity contribution in [3.63, 3.8) is 0 Å². The number of piperidine rings is 1. The van der Waals surface area contributed by atoms with Gasteiger partial charge in [0.05, 0.1) is 8.07 Å². The topological polar surface area (TPSA) is 3.24 Å². The van der Waals surface area contributed by atoms with E-state index in [0.29, 0.717) is 0 Å². The molecule has 1 rings (SSSR count). The molecule has 118 valence electrons. The van der Waals surface area contributed by atoms with E-state index in [0.717, 1.165) is 0 Å². The zero-order valence-corrected chi connectivity index (χ0v) is 15.3. The molecule has 0 N–H and O–H groups in total. The first-order valence-corrected chi connectivity index (χ1v) is 11.8. The summed E-state index contributed by atoms with van der Waals surface area (Å²) in [5.41, 5.74) is 1.44. The summed E-state index contributed by atoms with van der Waals surface area (Å²) in [4.78, 5) is 2.71. The molecule has 0 atom stereocenters. The van der Waals surface area contributed by atoms with Gasteiger partial charge >= 0.3 is 0 Å². The summed E-state index contributed by atoms with van der Waals surface area (Å²) in [7, 11) is -1.07. The monoisotopic (exact) mass is 295 g/mol. The van der Waals surface area contributed by atoms with Gasteiger partial charge < -0.3 is 4.90 Å². The van der Waals surface area contributed by atoms with Gasteiger partial charge in [-0.2, -0.15) is 0 Å². The summed E-state index contributed by atoms with van der Waals surface area (Å²) in [6.45, 7) is 15.3. The molecule has 0 aliphatic carbocycles. The fourth-order valence-corrected chi connectivity index (χ4v) is 9.79. The molecule has 0 aromatic rings. The Labute approximate surface area is 128 Å². The van der Waals surface area contributed by atoms with Crippen LogP contribution in [-0.4, -0.2) is 32.6 Å². The predicted molar refractivity (Wildman–Crippen MR) is 95.3 cm³/mol. The molecule has 0 bridgehead atoms. The summed E-state index contributed by atoms with van der Waals surface area (Å²) in [6.07, 6.45) is 8.51. The lowest BCUT2D eigenvalue weighted by atomic mass is 10.1. The van der Waals surface area contributed by atoms with E-state index in [1.165, 1.54) is 87.9 Å². The summed E-state index contributed by atoms with van der Waals surface area (Å²) in [5.74, 6) is 0. The van der Waals surface area contributed by atoms with Gasteiger partial charge in [-0.1, -0.05) is 56.8 Å². The van der Waals surface area contributed by atoms with Gasteiger partial charge in [0.1, 0.15) is 0 Å². The molecule has 0 saturated carbocycles. The van der Waals surface area contributed by atoms with Crippen molar-refractivity contribution in [1.82, 2.24) is 4.90 Å². The van der Waals surface area contributed by atoms with Crippen molar-refractivity contribution >= 4 is 8.07 Å². The normalized spacial score (nSPS) is 17.4. The molecular weight excluding hydrogens is 258 g/mol. The predicted octanol–water partition coefficient (Wildman–Crippen LogP) is 5.71. The van der Waals surface area contributed by atoms with Crippen LogP contribution < -0.4 is 0 Å². The minimum atomic E-state index is -1.07. The van der Waals surface area contributed by atoms with Gasteiger partial charge in [-0.15, -0.1) is 6.58 Å². The second-order valence-electron chi connectivity index (χ2n) is 7.14. The third-order valence-corrected chi connectivity index (χ3v) is 10.8. The van der Waals surface area contributed by atoms with Crippen molar-refractivity contribution in [2.45, 2.75) is 83.5 Å². The van der Waals surface area contributed by atoms with E-state index in [4.69, 9.17) is 0 Å². The first kappa shape index (κ1) is 18.0. The zero-order chi connectivity index (χ0) is 14.8. The second kappa shape index (κ2) is 9.78. The van der Waals surface area contributed by atoms with Crippen LogP contribution >= 0.6 is 0 Å². The maximum Gasteiger partial charge on any atom is 0.0576 e. The Kier molecular flexibility index (Phi) is 8.79. The molecule has 2 heteroatoms. The number of hydrogen-bond acceptors (Lipinski definition) is 1. The summed E-state index contributed by atoms with van der Waals surface area (Å²) < 4.78 is 0. The van der Waals surface area contributed by atoms with E-state index in [2.05, 4.69) is 32.3 Å². The molecule has 1 fully saturated rings. The number of likely N-dealkylation sites (tertiary alicyclic amines) is 1. The third kappa shape index (κ3) is 6.58. The standard InChI is InChI=1S/C18H37NSi/c1-5-14-20(15-6-2,17-18(3)4)16-10-13-19-11-8-7-9-12-19/h3,5-17H2,1-2,4H3. The van der Waals surface area contributed by atoms with Crippen molar-refractivity contribution < 1.29 is 0 Å². The average molecular weight is 296 g/mol. The lowest BCUT2D eigenvalue weighted by Crippen LogP contribution is -2.36. The Morgan fingerprint density at radius 3 is 2.10 bits per heavy atom. The van der Waals surface area contributed by atoms with Gasteiger partial charge in [-0.05, 0) is 51.9 Å². The van der Waals surface area contributed by atoms with E-state index in [9.17, 15) is 0 Å². The lowest BCUT2D eigenvalue weighted by Gasteiger charge is -2.33. The van der Waals surface area contributed by atoms with Crippen LogP contribution in [-0.2, 0) is 0 Å². The highest BCUT2D eigenvalue weighted by Gasteiger charge is 2.30. The molecule has 0 amide bonds. The molecule has 1 nitrogen and oxygen atoms in total. The fourth-order valence-electron chi connectivity index (χ4n) is 4.20. The molecule has 1 aliphatic heterocycles. The van der Waals surface area contributed by atoms with Gasteiger partial charge in [-0.25, -0.2) is 0 Å². The molecule has 0 unspecified atom stereocenters. The van der Waals surface area contributed by atoms with Crippen LogP contribution in [0.5, 0.6) is 0 Å². The molecule has 20 heavy (non-hydrogen) atoms. The average Bonchev–Trinajstić information content (AvgIpc) is 2.39. The van der Waals surface area contributed by atoms with Crippen molar-refractivity contribution in [3.8, 4) is 0 Å². The fraction of sp³-hybridized carbons (Fsp3) is 0.889. The van der Waals surface area contributed by atoms with Crippen LogP contribution in [0.3, 0.4) is 0 Å². The first-order valence-electron chi connectivity index (χ1n) is 8.98. The Bertz CT molecular complexity index is 263. The zero-order valence-electron chi connectivity index (χ0n) is 14.3. The summed E-state index contributed by atoms with van der Waals surface area (Å²) >= 11 is 0.